The topological polar surface area (TPSA) is 91.6 Å². The Kier molecular flexibility index (Phi) is 4.58. The average Bonchev–Trinajstić information content (AvgIpc) is 2.38. The fraction of sp³-hybridized carbons (Fsp3) is 0.167. The van der Waals surface area contributed by atoms with Gasteiger partial charge in [-0.25, -0.2) is 4.79 Å². The average molecular weight is 248 g/mol. The first-order chi connectivity index (χ1) is 8.62. The van der Waals surface area contributed by atoms with Crippen molar-refractivity contribution in [2.24, 2.45) is 0 Å². The fourth-order valence-corrected chi connectivity index (χ4v) is 1.32. The minimum absolute atomic E-state index is 0.179. The van der Waals surface area contributed by atoms with Crippen molar-refractivity contribution < 1.29 is 19.4 Å². The molecule has 0 aliphatic rings. The van der Waals surface area contributed by atoms with Crippen LogP contribution in [0.2, 0.25) is 0 Å². The molecule has 6 nitrogen and oxygen atoms in total. The van der Waals surface area contributed by atoms with Crippen LogP contribution in [-0.4, -0.2) is 25.4 Å². The quantitative estimate of drug-likeness (QED) is 0.793. The van der Waals surface area contributed by atoms with Crippen LogP contribution in [0.25, 0.3) is 5.57 Å². The summed E-state index contributed by atoms with van der Waals surface area (Å²) in [6.45, 7) is 0. The molecule has 1 aromatic carbocycles. The van der Waals surface area contributed by atoms with E-state index in [4.69, 9.17) is 19.8 Å². The largest absolute Gasteiger partial charge is 0.493 e. The number of amides is 1. The van der Waals surface area contributed by atoms with Crippen LogP contribution in [0.4, 0.5) is 4.79 Å². The summed E-state index contributed by atoms with van der Waals surface area (Å²) < 4.78 is 10.2. The summed E-state index contributed by atoms with van der Waals surface area (Å²) in [4.78, 5) is 10.4. The number of ether oxygens (including phenoxy) is 2. The molecule has 1 aromatic rings. The Bertz CT molecular complexity index is 517. The lowest BCUT2D eigenvalue weighted by Gasteiger charge is -2.08. The third-order valence-corrected chi connectivity index (χ3v) is 2.15. The zero-order valence-corrected chi connectivity index (χ0v) is 9.93. The molecular formula is C12H12N2O4. The number of carboxylic acid groups (broad SMARTS) is 1. The van der Waals surface area contributed by atoms with E-state index in [-0.39, 0.29) is 5.57 Å². The molecule has 0 unspecified atom stereocenters. The summed E-state index contributed by atoms with van der Waals surface area (Å²) in [6, 6.07) is 6.77. The molecule has 0 aliphatic carbocycles. The smallest absolute Gasteiger partial charge is 0.408 e. The van der Waals surface area contributed by atoms with Crippen molar-refractivity contribution in [1.82, 2.24) is 5.32 Å². The maximum Gasteiger partial charge on any atom is 0.408 e. The molecule has 1 amide bonds. The third kappa shape index (κ3) is 3.15. The van der Waals surface area contributed by atoms with E-state index in [1.807, 2.05) is 11.4 Å². The van der Waals surface area contributed by atoms with E-state index in [2.05, 4.69) is 0 Å². The number of rotatable bonds is 4. The third-order valence-electron chi connectivity index (χ3n) is 2.15. The zero-order valence-electron chi connectivity index (χ0n) is 9.93. The number of methoxy groups -OCH3 is 2. The lowest BCUT2D eigenvalue weighted by atomic mass is 10.1. The van der Waals surface area contributed by atoms with Gasteiger partial charge in [0.1, 0.15) is 6.07 Å². The summed E-state index contributed by atoms with van der Waals surface area (Å²) in [6.07, 6.45) is -0.118. The van der Waals surface area contributed by atoms with Crippen molar-refractivity contribution in [3.8, 4) is 17.6 Å². The molecule has 0 spiro atoms. The Morgan fingerprint density at radius 2 is 2.06 bits per heavy atom. The van der Waals surface area contributed by atoms with Gasteiger partial charge in [0, 0.05) is 6.20 Å². The number of nitriles is 1. The van der Waals surface area contributed by atoms with Crippen LogP contribution in [0.15, 0.2) is 24.4 Å². The van der Waals surface area contributed by atoms with Crippen molar-refractivity contribution in [2.75, 3.05) is 14.2 Å². The Morgan fingerprint density at radius 3 is 2.56 bits per heavy atom. The van der Waals surface area contributed by atoms with Crippen molar-refractivity contribution in [1.29, 1.82) is 5.26 Å². The van der Waals surface area contributed by atoms with E-state index in [1.54, 1.807) is 18.2 Å². The molecule has 0 bridgehead atoms. The molecule has 2 N–H and O–H groups in total. The highest BCUT2D eigenvalue weighted by Gasteiger charge is 2.08. The van der Waals surface area contributed by atoms with Crippen molar-refractivity contribution in [3.63, 3.8) is 0 Å². The van der Waals surface area contributed by atoms with E-state index >= 15 is 0 Å². The predicted octanol–water partition coefficient (Wildman–Crippen LogP) is 1.84. The zero-order chi connectivity index (χ0) is 13.5. The lowest BCUT2D eigenvalue weighted by molar-refractivity contribution is 0.198. The summed E-state index contributed by atoms with van der Waals surface area (Å²) in [5, 5.41) is 19.5. The van der Waals surface area contributed by atoms with Gasteiger partial charge in [0.15, 0.2) is 11.5 Å². The van der Waals surface area contributed by atoms with Gasteiger partial charge in [-0.1, -0.05) is 0 Å². The van der Waals surface area contributed by atoms with E-state index in [9.17, 15) is 4.79 Å². The normalized spacial score (nSPS) is 10.4. The summed E-state index contributed by atoms with van der Waals surface area (Å²) in [7, 11) is 2.98. The molecule has 0 saturated heterocycles. The van der Waals surface area contributed by atoms with Crippen LogP contribution in [0.3, 0.4) is 0 Å². The van der Waals surface area contributed by atoms with Crippen LogP contribution in [0.5, 0.6) is 11.5 Å². The van der Waals surface area contributed by atoms with Gasteiger partial charge < -0.3 is 14.6 Å². The number of carbonyl (C=O) groups is 1. The molecule has 94 valence electrons. The Hall–Kier alpha value is -2.68. The number of hydrogen-bond donors (Lipinski definition) is 2. The van der Waals surface area contributed by atoms with Gasteiger partial charge in [-0.3, -0.25) is 5.32 Å². The predicted molar refractivity (Wildman–Crippen MR) is 64.3 cm³/mol. The van der Waals surface area contributed by atoms with E-state index in [0.717, 1.165) is 6.20 Å². The van der Waals surface area contributed by atoms with Crippen molar-refractivity contribution in [2.45, 2.75) is 0 Å². The molecule has 0 heterocycles. The van der Waals surface area contributed by atoms with Crippen molar-refractivity contribution in [3.05, 3.63) is 30.0 Å². The monoisotopic (exact) mass is 248 g/mol. The molecule has 0 aromatic heterocycles. The Balaban J connectivity index is 3.12. The summed E-state index contributed by atoms with van der Waals surface area (Å²) in [5.41, 5.74) is 0.710. The maximum atomic E-state index is 10.4. The number of nitrogens with one attached hydrogen (secondary N) is 1. The van der Waals surface area contributed by atoms with Gasteiger partial charge in [-0.2, -0.15) is 5.26 Å². The number of benzene rings is 1. The molecule has 0 radical (unpaired) electrons. The molecule has 0 fully saturated rings. The number of hydrogen-bond acceptors (Lipinski definition) is 4. The van der Waals surface area contributed by atoms with E-state index in [1.165, 1.54) is 14.2 Å². The minimum Gasteiger partial charge on any atom is -0.493 e. The molecule has 1 rings (SSSR count). The summed E-state index contributed by atoms with van der Waals surface area (Å²) in [5.74, 6) is 0.996. The molecular weight excluding hydrogens is 236 g/mol. The minimum atomic E-state index is -1.23. The van der Waals surface area contributed by atoms with Crippen LogP contribution in [0.1, 0.15) is 5.56 Å². The van der Waals surface area contributed by atoms with E-state index in [0.29, 0.717) is 17.1 Å². The maximum absolute atomic E-state index is 10.4. The van der Waals surface area contributed by atoms with Gasteiger partial charge in [-0.05, 0) is 23.8 Å². The molecule has 0 aliphatic heterocycles. The van der Waals surface area contributed by atoms with Gasteiger partial charge in [0.05, 0.1) is 19.8 Å². The van der Waals surface area contributed by atoms with Gasteiger partial charge in [0.2, 0.25) is 0 Å². The van der Waals surface area contributed by atoms with Crippen LogP contribution in [0, 0.1) is 11.3 Å². The highest BCUT2D eigenvalue weighted by Crippen LogP contribution is 2.29. The van der Waals surface area contributed by atoms with E-state index < -0.39 is 6.09 Å². The second-order valence-electron chi connectivity index (χ2n) is 3.19. The molecule has 0 saturated carbocycles. The molecule has 0 atom stereocenters. The second-order valence-corrected chi connectivity index (χ2v) is 3.19. The number of allylic oxidation sites excluding steroid dienone is 1. The van der Waals surface area contributed by atoms with Gasteiger partial charge in [-0.15, -0.1) is 0 Å². The number of nitrogens with zero attached hydrogens (tertiary/aromatic N) is 1. The second kappa shape index (κ2) is 6.15. The van der Waals surface area contributed by atoms with Crippen LogP contribution in [-0.2, 0) is 0 Å². The first-order valence-electron chi connectivity index (χ1n) is 4.94. The van der Waals surface area contributed by atoms with Crippen molar-refractivity contribution >= 4 is 11.7 Å². The molecule has 6 heteroatoms. The van der Waals surface area contributed by atoms with Gasteiger partial charge >= 0.3 is 6.09 Å². The van der Waals surface area contributed by atoms with Crippen LogP contribution >= 0.6 is 0 Å². The summed E-state index contributed by atoms with van der Waals surface area (Å²) >= 11 is 0. The standard InChI is InChI=1S/C12H12N2O4/c1-17-10-4-3-8(5-11(10)18-2)9(6-13)7-14-12(15)16/h3-5,7,14H,1-2H3,(H,15,16). The van der Waals surface area contributed by atoms with Gasteiger partial charge in [0.25, 0.3) is 0 Å². The fourth-order valence-electron chi connectivity index (χ4n) is 1.32. The SMILES string of the molecule is COc1ccc(C(C#N)=CNC(=O)O)cc1OC. The highest BCUT2D eigenvalue weighted by atomic mass is 16.5. The first kappa shape index (κ1) is 13.4. The first-order valence-corrected chi connectivity index (χ1v) is 4.94. The Labute approximate surface area is 104 Å². The Morgan fingerprint density at radius 1 is 1.39 bits per heavy atom. The lowest BCUT2D eigenvalue weighted by Crippen LogP contribution is -2.13. The molecule has 18 heavy (non-hydrogen) atoms. The van der Waals surface area contributed by atoms with Crippen LogP contribution < -0.4 is 14.8 Å². The highest BCUT2D eigenvalue weighted by molar-refractivity contribution is 5.80.